The third kappa shape index (κ3) is 5.99. The average Bonchev–Trinajstić information content (AvgIpc) is 2.60. The summed E-state index contributed by atoms with van der Waals surface area (Å²) in [7, 11) is 0. The maximum Gasteiger partial charge on any atom is 0.309 e. The largest absolute Gasteiger partial charge is 0.491 e. The van der Waals surface area contributed by atoms with Crippen LogP contribution in [0.2, 0.25) is 0 Å². The summed E-state index contributed by atoms with van der Waals surface area (Å²) in [6.45, 7) is 11.2. The smallest absolute Gasteiger partial charge is 0.309 e. The molecule has 0 radical (unpaired) electrons. The minimum absolute atomic E-state index is 0.00189. The van der Waals surface area contributed by atoms with Crippen LogP contribution in [0.3, 0.4) is 0 Å². The number of aliphatic hydroxyl groups excluding tert-OH is 1. The molecule has 1 aliphatic heterocycles. The Bertz CT molecular complexity index is 579. The van der Waals surface area contributed by atoms with Crippen molar-refractivity contribution in [3.05, 3.63) is 29.3 Å². The highest BCUT2D eigenvalue weighted by Crippen LogP contribution is 2.24. The summed E-state index contributed by atoms with van der Waals surface area (Å²) < 4.78 is 10.9. The molecule has 5 nitrogen and oxygen atoms in total. The van der Waals surface area contributed by atoms with E-state index < -0.39 is 6.10 Å². The van der Waals surface area contributed by atoms with E-state index in [0.29, 0.717) is 19.1 Å². The third-order valence-electron chi connectivity index (χ3n) is 4.98. The fourth-order valence-electron chi connectivity index (χ4n) is 3.54. The summed E-state index contributed by atoms with van der Waals surface area (Å²) in [5.41, 5.74) is 2.54. The van der Waals surface area contributed by atoms with Gasteiger partial charge in [0.1, 0.15) is 18.5 Å². The summed E-state index contributed by atoms with van der Waals surface area (Å²) >= 11 is 0. The number of benzene rings is 1. The summed E-state index contributed by atoms with van der Waals surface area (Å²) in [5, 5.41) is 10.3. The maximum atomic E-state index is 11.8. The quantitative estimate of drug-likeness (QED) is 0.719. The van der Waals surface area contributed by atoms with Gasteiger partial charge in [0.15, 0.2) is 0 Å². The Morgan fingerprint density at radius 1 is 1.31 bits per heavy atom. The molecule has 5 heteroatoms. The number of rotatable bonds is 8. The molecular weight excluding hydrogens is 330 g/mol. The first-order chi connectivity index (χ1) is 12.4. The van der Waals surface area contributed by atoms with Crippen LogP contribution >= 0.6 is 0 Å². The molecule has 1 saturated heterocycles. The Morgan fingerprint density at radius 2 is 2.00 bits per heavy atom. The summed E-state index contributed by atoms with van der Waals surface area (Å²) in [6.07, 6.45) is 1.05. The highest BCUT2D eigenvalue weighted by atomic mass is 16.5. The van der Waals surface area contributed by atoms with E-state index in [1.807, 2.05) is 19.1 Å². The molecule has 0 unspecified atom stereocenters. The van der Waals surface area contributed by atoms with Gasteiger partial charge in [-0.1, -0.05) is 19.9 Å². The Hall–Kier alpha value is -1.59. The number of piperidine rings is 1. The van der Waals surface area contributed by atoms with Gasteiger partial charge < -0.3 is 19.5 Å². The van der Waals surface area contributed by atoms with Crippen molar-refractivity contribution in [1.82, 2.24) is 4.90 Å². The van der Waals surface area contributed by atoms with E-state index >= 15 is 0 Å². The fraction of sp³-hybridized carbons (Fsp3) is 0.667. The standard InChI is InChI=1S/C21H33NO4/c1-5-25-21(24)17-8-10-22(11-9-17)13-18(23)14-26-19-6-7-20(15(2)3)16(4)12-19/h6-7,12,15,17-18,23H,5,8-11,13-14H2,1-4H3/t18-/m0/s1. The van der Waals surface area contributed by atoms with Crippen molar-refractivity contribution in [3.63, 3.8) is 0 Å². The van der Waals surface area contributed by atoms with Gasteiger partial charge in [0, 0.05) is 6.54 Å². The summed E-state index contributed by atoms with van der Waals surface area (Å²) in [5.74, 6) is 1.21. The zero-order valence-electron chi connectivity index (χ0n) is 16.5. The van der Waals surface area contributed by atoms with E-state index in [0.717, 1.165) is 31.7 Å². The molecule has 1 aliphatic rings. The highest BCUT2D eigenvalue weighted by Gasteiger charge is 2.26. The molecule has 1 atom stereocenters. The van der Waals surface area contributed by atoms with E-state index in [2.05, 4.69) is 31.7 Å². The molecule has 26 heavy (non-hydrogen) atoms. The van der Waals surface area contributed by atoms with Crippen molar-refractivity contribution in [2.75, 3.05) is 32.8 Å². The summed E-state index contributed by atoms with van der Waals surface area (Å²) in [4.78, 5) is 14.0. The number of carbonyl (C=O) groups excluding carboxylic acids is 1. The van der Waals surface area contributed by atoms with Crippen LogP contribution in [0.25, 0.3) is 0 Å². The zero-order valence-corrected chi connectivity index (χ0v) is 16.5. The van der Waals surface area contributed by atoms with Crippen molar-refractivity contribution in [1.29, 1.82) is 0 Å². The van der Waals surface area contributed by atoms with Gasteiger partial charge in [-0.25, -0.2) is 0 Å². The molecule has 146 valence electrons. The SMILES string of the molecule is CCOC(=O)C1CCN(C[C@H](O)COc2ccc(C(C)C)c(C)c2)CC1. The number of hydrogen-bond acceptors (Lipinski definition) is 5. The molecule has 0 aliphatic carbocycles. The Balaban J connectivity index is 1.73. The van der Waals surface area contributed by atoms with Gasteiger partial charge in [-0.3, -0.25) is 4.79 Å². The number of β-amino-alcohol motifs (C(OH)–C–C–N with tert-alkyl or cyclic N) is 1. The van der Waals surface area contributed by atoms with Gasteiger partial charge in [0.25, 0.3) is 0 Å². The topological polar surface area (TPSA) is 59.0 Å². The first-order valence-electron chi connectivity index (χ1n) is 9.71. The van der Waals surface area contributed by atoms with Crippen LogP contribution in [-0.2, 0) is 9.53 Å². The lowest BCUT2D eigenvalue weighted by atomic mass is 9.97. The number of ether oxygens (including phenoxy) is 2. The van der Waals surface area contributed by atoms with Gasteiger partial charge in [-0.05, 0) is 69.0 Å². The minimum atomic E-state index is -0.542. The van der Waals surface area contributed by atoms with Crippen molar-refractivity contribution >= 4 is 5.97 Å². The lowest BCUT2D eigenvalue weighted by molar-refractivity contribution is -0.149. The zero-order chi connectivity index (χ0) is 19.1. The molecule has 0 bridgehead atoms. The van der Waals surface area contributed by atoms with Crippen LogP contribution in [0, 0.1) is 12.8 Å². The summed E-state index contributed by atoms with van der Waals surface area (Å²) in [6, 6.07) is 6.11. The second kappa shape index (κ2) is 9.93. The lowest BCUT2D eigenvalue weighted by Gasteiger charge is -2.32. The van der Waals surface area contributed by atoms with Crippen LogP contribution in [0.1, 0.15) is 50.7 Å². The predicted molar refractivity (Wildman–Crippen MR) is 103 cm³/mol. The number of aryl methyl sites for hydroxylation is 1. The van der Waals surface area contributed by atoms with Crippen LogP contribution in [0.5, 0.6) is 5.75 Å². The van der Waals surface area contributed by atoms with E-state index in [4.69, 9.17) is 9.47 Å². The van der Waals surface area contributed by atoms with Crippen molar-refractivity contribution in [3.8, 4) is 5.75 Å². The van der Waals surface area contributed by atoms with Crippen molar-refractivity contribution in [2.24, 2.45) is 5.92 Å². The molecule has 1 fully saturated rings. The predicted octanol–water partition coefficient (Wildman–Crippen LogP) is 3.13. The van der Waals surface area contributed by atoms with Crippen LogP contribution in [-0.4, -0.2) is 54.9 Å². The molecule has 0 amide bonds. The van der Waals surface area contributed by atoms with Crippen LogP contribution in [0.4, 0.5) is 0 Å². The molecule has 2 rings (SSSR count). The second-order valence-corrected chi connectivity index (χ2v) is 7.46. The van der Waals surface area contributed by atoms with Crippen molar-refractivity contribution in [2.45, 2.75) is 52.6 Å². The molecule has 0 saturated carbocycles. The number of nitrogens with zero attached hydrogens (tertiary/aromatic N) is 1. The molecule has 1 N–H and O–H groups in total. The van der Waals surface area contributed by atoms with E-state index in [1.165, 1.54) is 11.1 Å². The first kappa shape index (κ1) is 20.7. The Kier molecular flexibility index (Phi) is 7.91. The fourth-order valence-corrected chi connectivity index (χ4v) is 3.54. The number of aliphatic hydroxyl groups is 1. The third-order valence-corrected chi connectivity index (χ3v) is 4.98. The van der Waals surface area contributed by atoms with E-state index in [1.54, 1.807) is 0 Å². The Labute approximate surface area is 157 Å². The van der Waals surface area contributed by atoms with Gasteiger partial charge in [-0.2, -0.15) is 0 Å². The number of carbonyl (C=O) groups is 1. The van der Waals surface area contributed by atoms with Gasteiger partial charge in [0.05, 0.1) is 12.5 Å². The maximum absolute atomic E-state index is 11.8. The first-order valence-corrected chi connectivity index (χ1v) is 9.71. The molecule has 1 heterocycles. The molecule has 0 spiro atoms. The highest BCUT2D eigenvalue weighted by molar-refractivity contribution is 5.72. The van der Waals surface area contributed by atoms with Gasteiger partial charge in [-0.15, -0.1) is 0 Å². The monoisotopic (exact) mass is 363 g/mol. The average molecular weight is 363 g/mol. The minimum Gasteiger partial charge on any atom is -0.491 e. The number of esters is 1. The number of hydrogen-bond donors (Lipinski definition) is 1. The van der Waals surface area contributed by atoms with Crippen LogP contribution < -0.4 is 4.74 Å². The number of likely N-dealkylation sites (tertiary alicyclic amines) is 1. The van der Waals surface area contributed by atoms with Crippen LogP contribution in [0.15, 0.2) is 18.2 Å². The second-order valence-electron chi connectivity index (χ2n) is 7.46. The Morgan fingerprint density at radius 3 is 2.58 bits per heavy atom. The van der Waals surface area contributed by atoms with Crippen molar-refractivity contribution < 1.29 is 19.4 Å². The van der Waals surface area contributed by atoms with Gasteiger partial charge >= 0.3 is 5.97 Å². The van der Waals surface area contributed by atoms with Gasteiger partial charge in [0.2, 0.25) is 0 Å². The molecule has 1 aromatic rings. The molecule has 0 aromatic heterocycles. The normalized spacial score (nSPS) is 17.3. The van der Waals surface area contributed by atoms with E-state index in [9.17, 15) is 9.90 Å². The van der Waals surface area contributed by atoms with E-state index in [-0.39, 0.29) is 18.5 Å². The molecule has 1 aromatic carbocycles. The molecular formula is C21H33NO4. The lowest BCUT2D eigenvalue weighted by Crippen LogP contribution is -2.42.